The fourth-order valence-corrected chi connectivity index (χ4v) is 2.96. The number of nitrogens with zero attached hydrogens (tertiary/aromatic N) is 3. The summed E-state index contributed by atoms with van der Waals surface area (Å²) in [5, 5.41) is 13.1. The number of aromatic nitrogens is 3. The van der Waals surface area contributed by atoms with Crippen LogP contribution in [0.25, 0.3) is 0 Å². The predicted molar refractivity (Wildman–Crippen MR) is 97.6 cm³/mol. The Balaban J connectivity index is 1.48. The van der Waals surface area contributed by atoms with Crippen LogP contribution in [0.3, 0.4) is 0 Å². The SMILES string of the molecule is Cn1nc(C2CCNCC2)nc1NC(=O)CNC(=O)Cc1ccccc1. The molecule has 8 heteroatoms. The molecule has 1 aliphatic heterocycles. The molecule has 0 radical (unpaired) electrons. The fraction of sp³-hybridized carbons (Fsp3) is 0.444. The molecule has 1 aromatic heterocycles. The van der Waals surface area contributed by atoms with Crippen molar-refractivity contribution in [3.8, 4) is 0 Å². The molecule has 0 atom stereocenters. The third kappa shape index (κ3) is 4.89. The molecule has 1 aromatic carbocycles. The number of carbonyl (C=O) groups excluding carboxylic acids is 2. The molecule has 1 fully saturated rings. The van der Waals surface area contributed by atoms with Gasteiger partial charge in [0.2, 0.25) is 17.8 Å². The molecule has 2 amide bonds. The zero-order chi connectivity index (χ0) is 18.4. The molecule has 1 aliphatic rings. The van der Waals surface area contributed by atoms with Gasteiger partial charge in [-0.2, -0.15) is 10.1 Å². The van der Waals surface area contributed by atoms with Gasteiger partial charge in [-0.15, -0.1) is 0 Å². The van der Waals surface area contributed by atoms with Crippen LogP contribution in [0.15, 0.2) is 30.3 Å². The highest BCUT2D eigenvalue weighted by Gasteiger charge is 2.21. The summed E-state index contributed by atoms with van der Waals surface area (Å²) in [6, 6.07) is 9.41. The molecule has 3 rings (SSSR count). The van der Waals surface area contributed by atoms with E-state index in [4.69, 9.17) is 0 Å². The van der Waals surface area contributed by atoms with Crippen LogP contribution in [0.2, 0.25) is 0 Å². The Kier molecular flexibility index (Phi) is 5.96. The maximum Gasteiger partial charge on any atom is 0.246 e. The van der Waals surface area contributed by atoms with E-state index in [9.17, 15) is 9.59 Å². The second-order valence-electron chi connectivity index (χ2n) is 6.43. The van der Waals surface area contributed by atoms with E-state index in [0.717, 1.165) is 37.3 Å². The minimum absolute atomic E-state index is 0.0960. The predicted octanol–water partition coefficient (Wildman–Crippen LogP) is 0.580. The van der Waals surface area contributed by atoms with E-state index in [-0.39, 0.29) is 24.8 Å². The number of rotatable bonds is 6. The van der Waals surface area contributed by atoms with Crippen LogP contribution in [0.1, 0.15) is 30.1 Å². The van der Waals surface area contributed by atoms with Crippen LogP contribution in [0.5, 0.6) is 0 Å². The van der Waals surface area contributed by atoms with Crippen molar-refractivity contribution in [1.29, 1.82) is 0 Å². The molecular weight excluding hydrogens is 332 g/mol. The van der Waals surface area contributed by atoms with Crippen molar-refractivity contribution in [1.82, 2.24) is 25.4 Å². The van der Waals surface area contributed by atoms with E-state index in [0.29, 0.717) is 11.9 Å². The van der Waals surface area contributed by atoms with Gasteiger partial charge in [-0.05, 0) is 31.5 Å². The van der Waals surface area contributed by atoms with Gasteiger partial charge in [0.25, 0.3) is 0 Å². The summed E-state index contributed by atoms with van der Waals surface area (Å²) >= 11 is 0. The monoisotopic (exact) mass is 356 g/mol. The fourth-order valence-electron chi connectivity index (χ4n) is 2.96. The summed E-state index contributed by atoms with van der Waals surface area (Å²) in [6.07, 6.45) is 2.23. The lowest BCUT2D eigenvalue weighted by atomic mass is 9.98. The maximum absolute atomic E-state index is 12.1. The van der Waals surface area contributed by atoms with Gasteiger partial charge in [0.15, 0.2) is 5.82 Å². The second kappa shape index (κ2) is 8.57. The van der Waals surface area contributed by atoms with Crippen LogP contribution < -0.4 is 16.0 Å². The van der Waals surface area contributed by atoms with E-state index in [1.807, 2.05) is 30.3 Å². The molecule has 0 bridgehead atoms. The first-order chi connectivity index (χ1) is 12.6. The molecule has 2 heterocycles. The number of piperidine rings is 1. The average molecular weight is 356 g/mol. The zero-order valence-corrected chi connectivity index (χ0v) is 14.9. The summed E-state index contributed by atoms with van der Waals surface area (Å²) in [4.78, 5) is 28.5. The largest absolute Gasteiger partial charge is 0.347 e. The minimum Gasteiger partial charge on any atom is -0.347 e. The molecule has 2 aromatic rings. The number of amides is 2. The first kappa shape index (κ1) is 18.1. The topological polar surface area (TPSA) is 101 Å². The number of nitrogens with one attached hydrogen (secondary N) is 3. The van der Waals surface area contributed by atoms with Crippen LogP contribution in [0.4, 0.5) is 5.95 Å². The summed E-state index contributed by atoms with van der Waals surface area (Å²) < 4.78 is 1.57. The molecule has 0 spiro atoms. The Morgan fingerprint density at radius 3 is 2.65 bits per heavy atom. The third-order valence-corrected chi connectivity index (χ3v) is 4.39. The Bertz CT molecular complexity index is 752. The number of benzene rings is 1. The van der Waals surface area contributed by atoms with E-state index in [2.05, 4.69) is 26.0 Å². The zero-order valence-electron chi connectivity index (χ0n) is 14.9. The lowest BCUT2D eigenvalue weighted by molar-refractivity contribution is -0.123. The van der Waals surface area contributed by atoms with E-state index in [1.165, 1.54) is 0 Å². The lowest BCUT2D eigenvalue weighted by Gasteiger charge is -2.19. The van der Waals surface area contributed by atoms with Gasteiger partial charge in [0.1, 0.15) is 0 Å². The lowest BCUT2D eigenvalue weighted by Crippen LogP contribution is -2.34. The van der Waals surface area contributed by atoms with E-state index in [1.54, 1.807) is 11.7 Å². The minimum atomic E-state index is -0.321. The number of hydrogen-bond acceptors (Lipinski definition) is 5. The van der Waals surface area contributed by atoms with Gasteiger partial charge in [-0.1, -0.05) is 30.3 Å². The van der Waals surface area contributed by atoms with Crippen molar-refractivity contribution in [3.63, 3.8) is 0 Å². The summed E-state index contributed by atoms with van der Waals surface area (Å²) in [6.45, 7) is 1.82. The van der Waals surface area contributed by atoms with Crippen molar-refractivity contribution in [2.24, 2.45) is 7.05 Å². The Morgan fingerprint density at radius 1 is 1.19 bits per heavy atom. The highest BCUT2D eigenvalue weighted by atomic mass is 16.2. The Labute approximate surface area is 152 Å². The molecule has 0 saturated carbocycles. The molecule has 8 nitrogen and oxygen atoms in total. The number of anilines is 1. The van der Waals surface area contributed by atoms with E-state index < -0.39 is 0 Å². The first-order valence-corrected chi connectivity index (χ1v) is 8.84. The molecule has 138 valence electrons. The standard InChI is InChI=1S/C18H24N6O2/c1-24-18(22-17(23-24)14-7-9-19-10-8-14)21-16(26)12-20-15(25)11-13-5-3-2-4-6-13/h2-6,14,19H,7-12H2,1H3,(H,20,25)(H,21,22,23,26). The quantitative estimate of drug-likeness (QED) is 0.703. The normalized spacial score (nSPS) is 14.8. The van der Waals surface area contributed by atoms with E-state index >= 15 is 0 Å². The van der Waals surface area contributed by atoms with Crippen molar-refractivity contribution >= 4 is 17.8 Å². The number of aryl methyl sites for hydroxylation is 1. The highest BCUT2D eigenvalue weighted by molar-refractivity contribution is 5.93. The van der Waals surface area contributed by atoms with Gasteiger partial charge < -0.3 is 10.6 Å². The van der Waals surface area contributed by atoms with Crippen LogP contribution in [-0.2, 0) is 23.1 Å². The summed E-state index contributed by atoms with van der Waals surface area (Å²) in [5.41, 5.74) is 0.908. The number of carbonyl (C=O) groups is 2. The first-order valence-electron chi connectivity index (χ1n) is 8.84. The Hall–Kier alpha value is -2.74. The number of hydrogen-bond donors (Lipinski definition) is 3. The van der Waals surface area contributed by atoms with Gasteiger partial charge >= 0.3 is 0 Å². The average Bonchev–Trinajstić information content (AvgIpc) is 3.02. The van der Waals surface area contributed by atoms with Crippen molar-refractivity contribution in [2.75, 3.05) is 25.0 Å². The smallest absolute Gasteiger partial charge is 0.246 e. The van der Waals surface area contributed by atoms with Gasteiger partial charge in [0.05, 0.1) is 13.0 Å². The highest BCUT2D eigenvalue weighted by Crippen LogP contribution is 2.23. The molecule has 3 N–H and O–H groups in total. The third-order valence-electron chi connectivity index (χ3n) is 4.39. The van der Waals surface area contributed by atoms with Crippen LogP contribution in [0, 0.1) is 0 Å². The molecular formula is C18H24N6O2. The van der Waals surface area contributed by atoms with Crippen molar-refractivity contribution in [2.45, 2.75) is 25.2 Å². The maximum atomic E-state index is 12.1. The van der Waals surface area contributed by atoms with Gasteiger partial charge in [-0.3, -0.25) is 14.9 Å². The summed E-state index contributed by atoms with van der Waals surface area (Å²) in [5.74, 6) is 0.968. The molecule has 26 heavy (non-hydrogen) atoms. The van der Waals surface area contributed by atoms with Crippen LogP contribution in [-0.4, -0.2) is 46.2 Å². The molecule has 0 unspecified atom stereocenters. The Morgan fingerprint density at radius 2 is 1.92 bits per heavy atom. The molecule has 1 saturated heterocycles. The van der Waals surface area contributed by atoms with Crippen molar-refractivity contribution < 1.29 is 9.59 Å². The van der Waals surface area contributed by atoms with Crippen molar-refractivity contribution in [3.05, 3.63) is 41.7 Å². The summed E-state index contributed by atoms with van der Waals surface area (Å²) in [7, 11) is 1.75. The molecule has 0 aliphatic carbocycles. The second-order valence-corrected chi connectivity index (χ2v) is 6.43. The van der Waals surface area contributed by atoms with Gasteiger partial charge in [-0.25, -0.2) is 4.68 Å². The van der Waals surface area contributed by atoms with Crippen LogP contribution >= 0.6 is 0 Å². The van der Waals surface area contributed by atoms with Gasteiger partial charge in [0, 0.05) is 13.0 Å².